The second-order valence-electron chi connectivity index (χ2n) is 6.54. The molecule has 3 rings (SSSR count). The van der Waals surface area contributed by atoms with Crippen LogP contribution in [0.15, 0.2) is 24.3 Å². The SMILES string of the molecule is COC1(C(=O)N2CCN(C(=O)c3cccc(Cl)c3)CC2)CCNCC1. The van der Waals surface area contributed by atoms with Crippen LogP contribution in [0.25, 0.3) is 0 Å². The first kappa shape index (κ1) is 18.2. The molecule has 1 N–H and O–H groups in total. The van der Waals surface area contributed by atoms with E-state index in [1.807, 2.05) is 4.90 Å². The molecule has 2 aliphatic rings. The first-order valence-corrected chi connectivity index (χ1v) is 9.04. The number of nitrogens with one attached hydrogen (secondary N) is 1. The topological polar surface area (TPSA) is 61.9 Å². The van der Waals surface area contributed by atoms with E-state index in [-0.39, 0.29) is 11.8 Å². The number of ether oxygens (including phenoxy) is 1. The van der Waals surface area contributed by atoms with Gasteiger partial charge in [-0.15, -0.1) is 0 Å². The molecule has 2 saturated heterocycles. The maximum Gasteiger partial charge on any atom is 0.255 e. The van der Waals surface area contributed by atoms with E-state index in [0.717, 1.165) is 13.1 Å². The number of rotatable bonds is 3. The number of halogens is 1. The van der Waals surface area contributed by atoms with Gasteiger partial charge in [0.15, 0.2) is 0 Å². The number of piperazine rings is 1. The molecule has 0 bridgehead atoms. The molecule has 2 aliphatic heterocycles. The normalized spacial score (nSPS) is 20.4. The van der Waals surface area contributed by atoms with Gasteiger partial charge < -0.3 is 19.9 Å². The predicted molar refractivity (Wildman–Crippen MR) is 95.8 cm³/mol. The molecule has 1 aromatic carbocycles. The second kappa shape index (κ2) is 7.72. The van der Waals surface area contributed by atoms with E-state index in [2.05, 4.69) is 5.32 Å². The van der Waals surface area contributed by atoms with E-state index in [4.69, 9.17) is 16.3 Å². The van der Waals surface area contributed by atoms with Gasteiger partial charge in [0.2, 0.25) is 0 Å². The van der Waals surface area contributed by atoms with Crippen LogP contribution in [0.1, 0.15) is 23.2 Å². The summed E-state index contributed by atoms with van der Waals surface area (Å²) < 4.78 is 5.62. The molecular weight excluding hydrogens is 342 g/mol. The van der Waals surface area contributed by atoms with Crippen LogP contribution in [0.3, 0.4) is 0 Å². The van der Waals surface area contributed by atoms with Gasteiger partial charge in [0.1, 0.15) is 5.60 Å². The van der Waals surface area contributed by atoms with E-state index >= 15 is 0 Å². The van der Waals surface area contributed by atoms with Gasteiger partial charge in [0.05, 0.1) is 0 Å². The zero-order chi connectivity index (χ0) is 17.9. The summed E-state index contributed by atoms with van der Waals surface area (Å²) in [6.07, 6.45) is 1.37. The van der Waals surface area contributed by atoms with Gasteiger partial charge in [0.25, 0.3) is 11.8 Å². The molecule has 0 aromatic heterocycles. The van der Waals surface area contributed by atoms with Crippen molar-refractivity contribution >= 4 is 23.4 Å². The number of carbonyl (C=O) groups excluding carboxylic acids is 2. The van der Waals surface area contributed by atoms with E-state index in [1.54, 1.807) is 36.3 Å². The molecule has 2 heterocycles. The van der Waals surface area contributed by atoms with Gasteiger partial charge in [-0.1, -0.05) is 17.7 Å². The summed E-state index contributed by atoms with van der Waals surface area (Å²) in [6, 6.07) is 6.96. The Balaban J connectivity index is 1.61. The van der Waals surface area contributed by atoms with E-state index in [9.17, 15) is 9.59 Å². The van der Waals surface area contributed by atoms with Crippen LogP contribution in [0.2, 0.25) is 5.02 Å². The molecule has 2 amide bonds. The minimum atomic E-state index is -0.718. The number of hydrogen-bond donors (Lipinski definition) is 1. The predicted octanol–water partition coefficient (Wildman–Crippen LogP) is 1.39. The van der Waals surface area contributed by atoms with Crippen molar-refractivity contribution in [1.29, 1.82) is 0 Å². The quantitative estimate of drug-likeness (QED) is 0.879. The molecule has 0 radical (unpaired) electrons. The van der Waals surface area contributed by atoms with Crippen molar-refractivity contribution < 1.29 is 14.3 Å². The average molecular weight is 366 g/mol. The number of amides is 2. The summed E-state index contributed by atoms with van der Waals surface area (Å²) in [5, 5.41) is 3.81. The zero-order valence-corrected chi connectivity index (χ0v) is 15.2. The van der Waals surface area contributed by atoms with E-state index in [1.165, 1.54) is 0 Å². The molecule has 0 saturated carbocycles. The highest BCUT2D eigenvalue weighted by Gasteiger charge is 2.43. The Morgan fingerprint density at radius 3 is 2.36 bits per heavy atom. The maximum atomic E-state index is 12.9. The summed E-state index contributed by atoms with van der Waals surface area (Å²) in [4.78, 5) is 29.1. The van der Waals surface area contributed by atoms with Gasteiger partial charge in [-0.3, -0.25) is 9.59 Å². The molecular formula is C18H24ClN3O3. The Hall–Kier alpha value is -1.63. The van der Waals surface area contributed by atoms with Crippen LogP contribution in [-0.2, 0) is 9.53 Å². The van der Waals surface area contributed by atoms with E-state index < -0.39 is 5.60 Å². The van der Waals surface area contributed by atoms with Gasteiger partial charge >= 0.3 is 0 Å². The fourth-order valence-electron chi connectivity index (χ4n) is 3.54. The lowest BCUT2D eigenvalue weighted by Gasteiger charge is -2.42. The van der Waals surface area contributed by atoms with Crippen molar-refractivity contribution in [2.45, 2.75) is 18.4 Å². The molecule has 136 valence electrons. The molecule has 0 aliphatic carbocycles. The largest absolute Gasteiger partial charge is 0.368 e. The minimum absolute atomic E-state index is 0.0436. The van der Waals surface area contributed by atoms with Crippen molar-refractivity contribution in [3.05, 3.63) is 34.9 Å². The zero-order valence-electron chi connectivity index (χ0n) is 14.5. The Bertz CT molecular complexity index is 638. The highest BCUT2D eigenvalue weighted by atomic mass is 35.5. The summed E-state index contributed by atoms with van der Waals surface area (Å²) in [7, 11) is 1.61. The van der Waals surface area contributed by atoms with Crippen molar-refractivity contribution in [2.24, 2.45) is 0 Å². The van der Waals surface area contributed by atoms with Gasteiger partial charge in [-0.25, -0.2) is 0 Å². The third-order valence-corrected chi connectivity index (χ3v) is 5.35. The Kier molecular flexibility index (Phi) is 5.61. The van der Waals surface area contributed by atoms with Crippen molar-refractivity contribution in [2.75, 3.05) is 46.4 Å². The van der Waals surface area contributed by atoms with Crippen molar-refractivity contribution in [3.63, 3.8) is 0 Å². The number of benzene rings is 1. The molecule has 7 heteroatoms. The summed E-state index contributed by atoms with van der Waals surface area (Å²) >= 11 is 5.97. The van der Waals surface area contributed by atoms with Gasteiger partial charge in [-0.2, -0.15) is 0 Å². The van der Waals surface area contributed by atoms with Crippen LogP contribution in [0.4, 0.5) is 0 Å². The fraction of sp³-hybridized carbons (Fsp3) is 0.556. The third-order valence-electron chi connectivity index (χ3n) is 5.12. The van der Waals surface area contributed by atoms with Crippen LogP contribution in [0, 0.1) is 0 Å². The number of hydrogen-bond acceptors (Lipinski definition) is 4. The minimum Gasteiger partial charge on any atom is -0.368 e. The number of carbonyl (C=O) groups is 2. The molecule has 0 spiro atoms. The molecule has 0 atom stereocenters. The monoisotopic (exact) mass is 365 g/mol. The number of piperidine rings is 1. The van der Waals surface area contributed by atoms with Gasteiger partial charge in [-0.05, 0) is 44.1 Å². The average Bonchev–Trinajstić information content (AvgIpc) is 2.67. The van der Waals surface area contributed by atoms with E-state index in [0.29, 0.717) is 49.6 Å². The maximum absolute atomic E-state index is 12.9. The fourth-order valence-corrected chi connectivity index (χ4v) is 3.73. The molecule has 1 aromatic rings. The first-order chi connectivity index (χ1) is 12.1. The molecule has 0 unspecified atom stereocenters. The van der Waals surface area contributed by atoms with Crippen LogP contribution in [-0.4, -0.2) is 73.6 Å². The highest BCUT2D eigenvalue weighted by Crippen LogP contribution is 2.26. The molecule has 2 fully saturated rings. The lowest BCUT2D eigenvalue weighted by molar-refractivity contribution is -0.159. The van der Waals surface area contributed by atoms with Crippen molar-refractivity contribution in [3.8, 4) is 0 Å². The summed E-state index contributed by atoms with van der Waals surface area (Å²) in [6.45, 7) is 3.68. The third kappa shape index (κ3) is 3.81. The number of methoxy groups -OCH3 is 1. The summed E-state index contributed by atoms with van der Waals surface area (Å²) in [5.74, 6) is 0.00396. The summed E-state index contributed by atoms with van der Waals surface area (Å²) in [5.41, 5.74) is -0.135. The first-order valence-electron chi connectivity index (χ1n) is 8.66. The smallest absolute Gasteiger partial charge is 0.255 e. The Morgan fingerprint density at radius 2 is 1.76 bits per heavy atom. The van der Waals surface area contributed by atoms with Gasteiger partial charge in [0, 0.05) is 43.9 Å². The lowest BCUT2D eigenvalue weighted by Crippen LogP contribution is -2.59. The van der Waals surface area contributed by atoms with Crippen LogP contribution < -0.4 is 5.32 Å². The lowest BCUT2D eigenvalue weighted by atomic mass is 9.90. The highest BCUT2D eigenvalue weighted by molar-refractivity contribution is 6.30. The second-order valence-corrected chi connectivity index (χ2v) is 6.98. The molecule has 25 heavy (non-hydrogen) atoms. The van der Waals surface area contributed by atoms with Crippen LogP contribution in [0.5, 0.6) is 0 Å². The van der Waals surface area contributed by atoms with Crippen LogP contribution >= 0.6 is 11.6 Å². The number of nitrogens with zero attached hydrogens (tertiary/aromatic N) is 2. The Morgan fingerprint density at radius 1 is 1.12 bits per heavy atom. The molecule has 6 nitrogen and oxygen atoms in total. The van der Waals surface area contributed by atoms with Crippen molar-refractivity contribution in [1.82, 2.24) is 15.1 Å². The Labute approximate surface area is 153 Å². The standard InChI is InChI=1S/C18H24ClN3O3/c1-25-18(5-7-20-8-6-18)17(24)22-11-9-21(10-12-22)16(23)14-3-2-4-15(19)13-14/h2-4,13,20H,5-12H2,1H3.